The SMILES string of the molecule is Brc1cccc(OCCSc2nnc(C3COc4ccccc4O3)o2)c1. The third-order valence-corrected chi connectivity index (χ3v) is 4.86. The standard InChI is InChI=1S/C18H15BrN2O4S/c19-12-4-3-5-13(10-12)22-8-9-26-18-21-20-17(25-18)16-11-23-14-6-1-2-7-15(14)24-16/h1-7,10,16H,8-9,11H2. The van der Waals surface area contributed by atoms with Crippen molar-refractivity contribution in [3.8, 4) is 17.2 Å². The van der Waals surface area contributed by atoms with Gasteiger partial charge in [-0.2, -0.15) is 0 Å². The van der Waals surface area contributed by atoms with Crippen molar-refractivity contribution in [2.24, 2.45) is 0 Å². The molecule has 0 N–H and O–H groups in total. The Kier molecular flexibility index (Phi) is 5.31. The third-order valence-electron chi connectivity index (χ3n) is 3.58. The zero-order chi connectivity index (χ0) is 17.8. The summed E-state index contributed by atoms with van der Waals surface area (Å²) in [4.78, 5) is 0. The third kappa shape index (κ3) is 4.13. The molecule has 1 aliphatic rings. The summed E-state index contributed by atoms with van der Waals surface area (Å²) >= 11 is 4.86. The fourth-order valence-corrected chi connectivity index (χ4v) is 3.36. The molecule has 0 bridgehead atoms. The Morgan fingerprint density at radius 1 is 1.12 bits per heavy atom. The lowest BCUT2D eigenvalue weighted by Crippen LogP contribution is -2.21. The second-order valence-corrected chi connectivity index (χ2v) is 7.39. The first kappa shape index (κ1) is 17.2. The highest BCUT2D eigenvalue weighted by Gasteiger charge is 2.27. The summed E-state index contributed by atoms with van der Waals surface area (Å²) in [5, 5.41) is 8.61. The molecular formula is C18H15BrN2O4S. The van der Waals surface area contributed by atoms with Crippen molar-refractivity contribution in [3.63, 3.8) is 0 Å². The Morgan fingerprint density at radius 3 is 2.88 bits per heavy atom. The Labute approximate surface area is 163 Å². The highest BCUT2D eigenvalue weighted by atomic mass is 79.9. The number of rotatable bonds is 6. The summed E-state index contributed by atoms with van der Waals surface area (Å²) < 4.78 is 23.9. The quantitative estimate of drug-likeness (QED) is 0.417. The van der Waals surface area contributed by atoms with E-state index in [2.05, 4.69) is 26.1 Å². The van der Waals surface area contributed by atoms with Crippen molar-refractivity contribution in [3.05, 3.63) is 58.9 Å². The molecule has 0 saturated heterocycles. The number of fused-ring (bicyclic) bond motifs is 1. The number of aromatic nitrogens is 2. The van der Waals surface area contributed by atoms with Crippen molar-refractivity contribution in [2.75, 3.05) is 19.0 Å². The van der Waals surface area contributed by atoms with Gasteiger partial charge in [-0.1, -0.05) is 45.9 Å². The van der Waals surface area contributed by atoms with Crippen molar-refractivity contribution >= 4 is 27.7 Å². The lowest BCUT2D eigenvalue weighted by Gasteiger charge is -2.23. The van der Waals surface area contributed by atoms with Gasteiger partial charge < -0.3 is 18.6 Å². The Bertz CT molecular complexity index is 889. The number of para-hydroxylation sites is 2. The van der Waals surface area contributed by atoms with E-state index in [0.717, 1.165) is 16.0 Å². The summed E-state index contributed by atoms with van der Waals surface area (Å²) in [6.45, 7) is 0.880. The van der Waals surface area contributed by atoms with Crippen LogP contribution in [-0.4, -0.2) is 29.2 Å². The van der Waals surface area contributed by atoms with Gasteiger partial charge in [0, 0.05) is 10.2 Å². The molecule has 0 aliphatic carbocycles. The Balaban J connectivity index is 1.28. The molecule has 1 unspecified atom stereocenters. The van der Waals surface area contributed by atoms with Crippen LogP contribution in [-0.2, 0) is 0 Å². The van der Waals surface area contributed by atoms with Gasteiger partial charge in [0.15, 0.2) is 11.5 Å². The van der Waals surface area contributed by atoms with E-state index < -0.39 is 6.10 Å². The maximum Gasteiger partial charge on any atom is 0.276 e. The van der Waals surface area contributed by atoms with E-state index in [9.17, 15) is 0 Å². The van der Waals surface area contributed by atoms with Gasteiger partial charge in [-0.25, -0.2) is 0 Å². The van der Waals surface area contributed by atoms with Crippen molar-refractivity contribution in [2.45, 2.75) is 11.3 Å². The largest absolute Gasteiger partial charge is 0.493 e. The van der Waals surface area contributed by atoms with Crippen molar-refractivity contribution in [1.29, 1.82) is 0 Å². The van der Waals surface area contributed by atoms with E-state index >= 15 is 0 Å². The van der Waals surface area contributed by atoms with Crippen LogP contribution < -0.4 is 14.2 Å². The molecule has 0 spiro atoms. The molecule has 0 amide bonds. The van der Waals surface area contributed by atoms with Gasteiger partial charge in [-0.05, 0) is 30.3 Å². The number of nitrogens with zero attached hydrogens (tertiary/aromatic N) is 2. The first-order valence-electron chi connectivity index (χ1n) is 8.01. The molecule has 2 heterocycles. The lowest BCUT2D eigenvalue weighted by molar-refractivity contribution is 0.0686. The molecule has 1 aliphatic heterocycles. The molecule has 0 fully saturated rings. The van der Waals surface area contributed by atoms with Gasteiger partial charge in [0.05, 0.1) is 6.61 Å². The zero-order valence-electron chi connectivity index (χ0n) is 13.6. The van der Waals surface area contributed by atoms with E-state index in [0.29, 0.717) is 35.8 Å². The van der Waals surface area contributed by atoms with E-state index in [-0.39, 0.29) is 0 Å². The molecule has 1 atom stereocenters. The first-order chi connectivity index (χ1) is 12.8. The fourth-order valence-electron chi connectivity index (χ4n) is 2.40. The smallest absolute Gasteiger partial charge is 0.276 e. The van der Waals surface area contributed by atoms with E-state index in [1.54, 1.807) is 0 Å². The minimum Gasteiger partial charge on any atom is -0.493 e. The maximum absolute atomic E-state index is 5.87. The molecule has 4 rings (SSSR count). The Hall–Kier alpha value is -2.19. The lowest BCUT2D eigenvalue weighted by atomic mass is 10.2. The van der Waals surface area contributed by atoms with Crippen LogP contribution >= 0.6 is 27.7 Å². The number of hydrogen-bond donors (Lipinski definition) is 0. The van der Waals surface area contributed by atoms with E-state index in [1.165, 1.54) is 11.8 Å². The minimum absolute atomic E-state index is 0.343. The van der Waals surface area contributed by atoms with Gasteiger partial charge in [-0.15, -0.1) is 10.2 Å². The summed E-state index contributed by atoms with van der Waals surface area (Å²) in [7, 11) is 0. The van der Waals surface area contributed by atoms with Crippen LogP contribution in [0.2, 0.25) is 0 Å². The number of hydrogen-bond acceptors (Lipinski definition) is 7. The minimum atomic E-state index is -0.398. The number of thioether (sulfide) groups is 1. The second-order valence-electron chi connectivity index (χ2n) is 5.42. The van der Waals surface area contributed by atoms with Gasteiger partial charge in [0.2, 0.25) is 6.10 Å². The molecule has 2 aromatic carbocycles. The average Bonchev–Trinajstić information content (AvgIpc) is 3.14. The molecule has 134 valence electrons. The summed E-state index contributed by atoms with van der Waals surface area (Å²) in [6.07, 6.45) is -0.398. The van der Waals surface area contributed by atoms with E-state index in [1.807, 2.05) is 48.5 Å². The zero-order valence-corrected chi connectivity index (χ0v) is 16.0. The van der Waals surface area contributed by atoms with Gasteiger partial charge in [-0.3, -0.25) is 0 Å². The monoisotopic (exact) mass is 434 g/mol. The van der Waals surface area contributed by atoms with Gasteiger partial charge in [0.1, 0.15) is 12.4 Å². The van der Waals surface area contributed by atoms with Crippen LogP contribution in [0.25, 0.3) is 0 Å². The van der Waals surface area contributed by atoms with Crippen LogP contribution in [0.4, 0.5) is 0 Å². The molecule has 26 heavy (non-hydrogen) atoms. The molecule has 8 heteroatoms. The average molecular weight is 435 g/mol. The fraction of sp³-hybridized carbons (Fsp3) is 0.222. The first-order valence-corrected chi connectivity index (χ1v) is 9.79. The number of benzene rings is 2. The molecule has 0 radical (unpaired) electrons. The summed E-state index contributed by atoms with van der Waals surface area (Å²) in [6, 6.07) is 15.2. The van der Waals surface area contributed by atoms with Gasteiger partial charge in [0.25, 0.3) is 11.1 Å². The van der Waals surface area contributed by atoms with Crippen molar-refractivity contribution < 1.29 is 18.6 Å². The number of ether oxygens (including phenoxy) is 3. The van der Waals surface area contributed by atoms with Crippen LogP contribution in [0.15, 0.2) is 62.6 Å². The molecule has 3 aromatic rings. The number of halogens is 1. The van der Waals surface area contributed by atoms with Crippen LogP contribution in [0.5, 0.6) is 17.2 Å². The predicted octanol–water partition coefficient (Wildman–Crippen LogP) is 4.52. The maximum atomic E-state index is 5.87. The Morgan fingerprint density at radius 2 is 2.00 bits per heavy atom. The predicted molar refractivity (Wildman–Crippen MR) is 100.0 cm³/mol. The summed E-state index contributed by atoms with van der Waals surface area (Å²) in [5.74, 6) is 3.33. The van der Waals surface area contributed by atoms with Crippen LogP contribution in [0.3, 0.4) is 0 Å². The molecule has 6 nitrogen and oxygen atoms in total. The molecule has 0 saturated carbocycles. The topological polar surface area (TPSA) is 66.6 Å². The molecular weight excluding hydrogens is 420 g/mol. The highest BCUT2D eigenvalue weighted by molar-refractivity contribution is 9.10. The second kappa shape index (κ2) is 8.01. The molecule has 1 aromatic heterocycles. The highest BCUT2D eigenvalue weighted by Crippen LogP contribution is 2.35. The van der Waals surface area contributed by atoms with E-state index in [4.69, 9.17) is 18.6 Å². The van der Waals surface area contributed by atoms with Crippen LogP contribution in [0, 0.1) is 0 Å². The van der Waals surface area contributed by atoms with Gasteiger partial charge >= 0.3 is 0 Å². The summed E-state index contributed by atoms with van der Waals surface area (Å²) in [5.41, 5.74) is 0. The van der Waals surface area contributed by atoms with Crippen molar-refractivity contribution in [1.82, 2.24) is 10.2 Å². The van der Waals surface area contributed by atoms with Crippen LogP contribution in [0.1, 0.15) is 12.0 Å². The normalized spacial score (nSPS) is 15.7.